The Balaban J connectivity index is 2.72. The van der Waals surface area contributed by atoms with Gasteiger partial charge in [0, 0.05) is 18.6 Å². The summed E-state index contributed by atoms with van der Waals surface area (Å²) in [6, 6.07) is 8.48. The molecule has 15 heavy (non-hydrogen) atoms. The molecule has 0 saturated heterocycles. The zero-order valence-electron chi connectivity index (χ0n) is 10.2. The van der Waals surface area contributed by atoms with Crippen molar-refractivity contribution < 1.29 is 0 Å². The molecule has 1 rings (SSSR count). The van der Waals surface area contributed by atoms with Gasteiger partial charge < -0.3 is 5.73 Å². The molecular formula is C13H22N2. The lowest BCUT2D eigenvalue weighted by Gasteiger charge is -2.32. The van der Waals surface area contributed by atoms with Crippen molar-refractivity contribution in [3.63, 3.8) is 0 Å². The summed E-state index contributed by atoms with van der Waals surface area (Å²) in [7, 11) is 2.15. The largest absolute Gasteiger partial charge is 0.326 e. The minimum atomic E-state index is 0.207. The van der Waals surface area contributed by atoms with Crippen LogP contribution in [-0.4, -0.2) is 17.5 Å². The maximum atomic E-state index is 5.62. The van der Waals surface area contributed by atoms with E-state index in [2.05, 4.69) is 57.0 Å². The first-order valence-electron chi connectivity index (χ1n) is 5.42. The standard InChI is InChI=1S/C13H22N2/c1-13(2,3)15(4)10-12-7-5-6-11(8-12)9-14/h5-8H,9-10,14H2,1-4H3. The molecule has 1 aromatic rings. The maximum absolute atomic E-state index is 5.62. The molecule has 0 bridgehead atoms. The van der Waals surface area contributed by atoms with E-state index in [1.807, 2.05) is 0 Å². The topological polar surface area (TPSA) is 29.3 Å². The van der Waals surface area contributed by atoms with Crippen LogP contribution in [-0.2, 0) is 13.1 Å². The first-order valence-corrected chi connectivity index (χ1v) is 5.42. The van der Waals surface area contributed by atoms with Crippen molar-refractivity contribution in [2.24, 2.45) is 5.73 Å². The van der Waals surface area contributed by atoms with Gasteiger partial charge in [0.05, 0.1) is 0 Å². The van der Waals surface area contributed by atoms with Crippen LogP contribution in [0.5, 0.6) is 0 Å². The quantitative estimate of drug-likeness (QED) is 0.822. The molecular weight excluding hydrogens is 184 g/mol. The van der Waals surface area contributed by atoms with Crippen molar-refractivity contribution in [3.8, 4) is 0 Å². The Morgan fingerprint density at radius 3 is 2.33 bits per heavy atom. The summed E-state index contributed by atoms with van der Waals surface area (Å²) in [5, 5.41) is 0. The third-order valence-electron chi connectivity index (χ3n) is 2.79. The summed E-state index contributed by atoms with van der Waals surface area (Å²) in [4.78, 5) is 2.34. The molecule has 0 heterocycles. The number of hydrogen-bond donors (Lipinski definition) is 1. The van der Waals surface area contributed by atoms with Gasteiger partial charge in [-0.05, 0) is 38.9 Å². The minimum absolute atomic E-state index is 0.207. The molecule has 0 saturated carbocycles. The highest BCUT2D eigenvalue weighted by Crippen LogP contribution is 2.15. The maximum Gasteiger partial charge on any atom is 0.0235 e. The molecule has 2 heteroatoms. The second-order valence-corrected chi connectivity index (χ2v) is 5.05. The molecule has 0 atom stereocenters. The molecule has 0 unspecified atom stereocenters. The highest BCUT2D eigenvalue weighted by Gasteiger charge is 2.16. The van der Waals surface area contributed by atoms with Crippen molar-refractivity contribution in [2.75, 3.05) is 7.05 Å². The molecule has 0 aliphatic carbocycles. The van der Waals surface area contributed by atoms with Gasteiger partial charge >= 0.3 is 0 Å². The van der Waals surface area contributed by atoms with Crippen molar-refractivity contribution in [2.45, 2.75) is 39.4 Å². The monoisotopic (exact) mass is 206 g/mol. The Hall–Kier alpha value is -0.860. The molecule has 2 nitrogen and oxygen atoms in total. The number of benzene rings is 1. The van der Waals surface area contributed by atoms with E-state index in [-0.39, 0.29) is 5.54 Å². The fourth-order valence-corrected chi connectivity index (χ4v) is 1.37. The first kappa shape index (κ1) is 12.2. The fourth-order valence-electron chi connectivity index (χ4n) is 1.37. The second-order valence-electron chi connectivity index (χ2n) is 5.05. The van der Waals surface area contributed by atoms with Gasteiger partial charge in [0.25, 0.3) is 0 Å². The normalized spacial score (nSPS) is 12.1. The lowest BCUT2D eigenvalue weighted by atomic mass is 10.0. The van der Waals surface area contributed by atoms with E-state index in [1.54, 1.807) is 0 Å². The van der Waals surface area contributed by atoms with E-state index in [0.29, 0.717) is 6.54 Å². The first-order chi connectivity index (χ1) is 6.93. The lowest BCUT2D eigenvalue weighted by molar-refractivity contribution is 0.167. The van der Waals surface area contributed by atoms with E-state index < -0.39 is 0 Å². The predicted molar refractivity (Wildman–Crippen MR) is 65.6 cm³/mol. The number of nitrogens with two attached hydrogens (primary N) is 1. The van der Waals surface area contributed by atoms with Crippen LogP contribution < -0.4 is 5.73 Å². The van der Waals surface area contributed by atoms with Gasteiger partial charge in [0.2, 0.25) is 0 Å². The highest BCUT2D eigenvalue weighted by molar-refractivity contribution is 5.23. The van der Waals surface area contributed by atoms with E-state index in [4.69, 9.17) is 5.73 Å². The Kier molecular flexibility index (Phi) is 3.89. The summed E-state index contributed by atoms with van der Waals surface area (Å²) in [6.45, 7) is 8.25. The number of nitrogens with zero attached hydrogens (tertiary/aromatic N) is 1. The molecule has 2 N–H and O–H groups in total. The van der Waals surface area contributed by atoms with Crippen LogP contribution in [0.3, 0.4) is 0 Å². The molecule has 0 spiro atoms. The summed E-state index contributed by atoms with van der Waals surface area (Å²) < 4.78 is 0. The fraction of sp³-hybridized carbons (Fsp3) is 0.538. The van der Waals surface area contributed by atoms with Crippen molar-refractivity contribution in [3.05, 3.63) is 35.4 Å². The third-order valence-corrected chi connectivity index (χ3v) is 2.79. The average molecular weight is 206 g/mol. The SMILES string of the molecule is CN(Cc1cccc(CN)c1)C(C)(C)C. The Morgan fingerprint density at radius 1 is 1.20 bits per heavy atom. The van der Waals surface area contributed by atoms with Gasteiger partial charge in [-0.2, -0.15) is 0 Å². The van der Waals surface area contributed by atoms with E-state index in [1.165, 1.54) is 11.1 Å². The molecule has 0 aliphatic rings. The molecule has 0 fully saturated rings. The van der Waals surface area contributed by atoms with Crippen LogP contribution in [0.2, 0.25) is 0 Å². The van der Waals surface area contributed by atoms with Crippen LogP contribution in [0, 0.1) is 0 Å². The zero-order chi connectivity index (χ0) is 11.5. The van der Waals surface area contributed by atoms with E-state index in [0.717, 1.165) is 6.54 Å². The molecule has 0 aliphatic heterocycles. The Bertz CT molecular complexity index is 313. The van der Waals surface area contributed by atoms with Gasteiger partial charge in [-0.3, -0.25) is 4.90 Å². The lowest BCUT2D eigenvalue weighted by Crippen LogP contribution is -2.37. The van der Waals surface area contributed by atoms with Gasteiger partial charge in [-0.15, -0.1) is 0 Å². The van der Waals surface area contributed by atoms with Crippen LogP contribution in [0.15, 0.2) is 24.3 Å². The number of hydrogen-bond acceptors (Lipinski definition) is 2. The average Bonchev–Trinajstić information content (AvgIpc) is 2.16. The number of rotatable bonds is 3. The van der Waals surface area contributed by atoms with Gasteiger partial charge in [-0.1, -0.05) is 24.3 Å². The van der Waals surface area contributed by atoms with Crippen LogP contribution in [0.25, 0.3) is 0 Å². The van der Waals surface area contributed by atoms with Crippen LogP contribution in [0.1, 0.15) is 31.9 Å². The molecule has 1 aromatic carbocycles. The van der Waals surface area contributed by atoms with Crippen LogP contribution >= 0.6 is 0 Å². The second kappa shape index (κ2) is 4.77. The minimum Gasteiger partial charge on any atom is -0.326 e. The molecule has 0 aromatic heterocycles. The van der Waals surface area contributed by atoms with E-state index >= 15 is 0 Å². The summed E-state index contributed by atoms with van der Waals surface area (Å²) >= 11 is 0. The summed E-state index contributed by atoms with van der Waals surface area (Å²) in [6.07, 6.45) is 0. The molecule has 0 radical (unpaired) electrons. The third kappa shape index (κ3) is 3.65. The van der Waals surface area contributed by atoms with Crippen LogP contribution in [0.4, 0.5) is 0 Å². The molecule has 0 amide bonds. The van der Waals surface area contributed by atoms with Gasteiger partial charge in [0.15, 0.2) is 0 Å². The predicted octanol–water partition coefficient (Wildman–Crippen LogP) is 2.38. The zero-order valence-corrected chi connectivity index (χ0v) is 10.2. The summed E-state index contributed by atoms with van der Waals surface area (Å²) in [5.74, 6) is 0. The van der Waals surface area contributed by atoms with Gasteiger partial charge in [-0.25, -0.2) is 0 Å². The smallest absolute Gasteiger partial charge is 0.0235 e. The Labute approximate surface area is 93.1 Å². The van der Waals surface area contributed by atoms with E-state index in [9.17, 15) is 0 Å². The van der Waals surface area contributed by atoms with Gasteiger partial charge in [0.1, 0.15) is 0 Å². The molecule has 84 valence electrons. The van der Waals surface area contributed by atoms with Crippen molar-refractivity contribution >= 4 is 0 Å². The van der Waals surface area contributed by atoms with Crippen molar-refractivity contribution in [1.82, 2.24) is 4.90 Å². The Morgan fingerprint density at radius 2 is 1.80 bits per heavy atom. The summed E-state index contributed by atoms with van der Waals surface area (Å²) in [5.41, 5.74) is 8.36. The highest BCUT2D eigenvalue weighted by atomic mass is 15.1. The van der Waals surface area contributed by atoms with Crippen molar-refractivity contribution in [1.29, 1.82) is 0 Å².